The molecule has 1 heterocycles. The molecule has 0 saturated carbocycles. The van der Waals surface area contributed by atoms with Crippen molar-refractivity contribution in [3.8, 4) is 0 Å². The molecule has 19 heavy (non-hydrogen) atoms. The summed E-state index contributed by atoms with van der Waals surface area (Å²) in [7, 11) is -4.14. The number of halogens is 2. The van der Waals surface area contributed by atoms with Gasteiger partial charge >= 0.3 is 5.97 Å². The van der Waals surface area contributed by atoms with Gasteiger partial charge in [-0.3, -0.25) is 9.59 Å². The minimum Gasteiger partial charge on any atom is -0.480 e. The normalized spacial score (nSPS) is 11.7. The second-order valence-electron chi connectivity index (χ2n) is 3.32. The van der Waals surface area contributed by atoms with Crippen LogP contribution in [0.3, 0.4) is 0 Å². The molecule has 0 radical (unpaired) electrons. The van der Waals surface area contributed by atoms with Crippen molar-refractivity contribution >= 4 is 60.8 Å². The molecule has 3 N–H and O–H groups in total. The van der Waals surface area contributed by atoms with E-state index in [1.54, 1.807) is 0 Å². The molecule has 0 bridgehead atoms. The molecule has 0 unspecified atom stereocenters. The number of carbonyl (C=O) groups is 2. The van der Waals surface area contributed by atoms with Crippen molar-refractivity contribution in [1.82, 2.24) is 4.31 Å². The SMILES string of the molecule is NC(=O)CN(CC(=O)O)S(=O)(=O)c1cc(Cl)c(Br)s1. The zero-order valence-electron chi connectivity index (χ0n) is 9.17. The van der Waals surface area contributed by atoms with Gasteiger partial charge in [-0.15, -0.1) is 11.3 Å². The van der Waals surface area contributed by atoms with E-state index in [0.717, 1.165) is 11.3 Å². The number of hydrogen-bond donors (Lipinski definition) is 2. The first-order valence-electron chi connectivity index (χ1n) is 4.59. The number of carboxylic acid groups (broad SMARTS) is 1. The lowest BCUT2D eigenvalue weighted by molar-refractivity contribution is -0.137. The number of nitrogens with zero attached hydrogens (tertiary/aromatic N) is 1. The van der Waals surface area contributed by atoms with Gasteiger partial charge < -0.3 is 10.8 Å². The number of rotatable bonds is 6. The van der Waals surface area contributed by atoms with E-state index in [0.29, 0.717) is 8.09 Å². The van der Waals surface area contributed by atoms with Gasteiger partial charge in [0.05, 0.1) is 15.4 Å². The van der Waals surface area contributed by atoms with Crippen LogP contribution in [-0.4, -0.2) is 42.8 Å². The van der Waals surface area contributed by atoms with Gasteiger partial charge in [0.25, 0.3) is 10.0 Å². The molecule has 1 aromatic rings. The maximum Gasteiger partial charge on any atom is 0.318 e. The summed E-state index contributed by atoms with van der Waals surface area (Å²) in [4.78, 5) is 21.5. The average Bonchev–Trinajstić information content (AvgIpc) is 2.57. The van der Waals surface area contributed by atoms with Crippen LogP contribution in [0.2, 0.25) is 5.02 Å². The highest BCUT2D eigenvalue weighted by atomic mass is 79.9. The molecule has 0 aliphatic heterocycles. The highest BCUT2D eigenvalue weighted by molar-refractivity contribution is 9.11. The topological polar surface area (TPSA) is 118 Å². The van der Waals surface area contributed by atoms with Gasteiger partial charge in [-0.2, -0.15) is 4.31 Å². The molecule has 7 nitrogen and oxygen atoms in total. The molecule has 1 amide bonds. The fourth-order valence-electron chi connectivity index (χ4n) is 1.13. The summed E-state index contributed by atoms with van der Waals surface area (Å²) in [5.41, 5.74) is 4.91. The number of carboxylic acids is 1. The predicted molar refractivity (Wildman–Crippen MR) is 72.6 cm³/mol. The fraction of sp³-hybridized carbons (Fsp3) is 0.250. The molecule has 0 fully saturated rings. The quantitative estimate of drug-likeness (QED) is 0.741. The Morgan fingerprint density at radius 1 is 1.47 bits per heavy atom. The predicted octanol–water partition coefficient (Wildman–Crippen LogP) is 0.725. The Hall–Kier alpha value is -0.680. The van der Waals surface area contributed by atoms with Crippen molar-refractivity contribution < 1.29 is 23.1 Å². The Morgan fingerprint density at radius 3 is 2.42 bits per heavy atom. The molecule has 1 aromatic heterocycles. The van der Waals surface area contributed by atoms with Crippen LogP contribution in [0.5, 0.6) is 0 Å². The number of aliphatic carboxylic acids is 1. The van der Waals surface area contributed by atoms with Crippen molar-refractivity contribution in [3.05, 3.63) is 14.9 Å². The summed E-state index contributed by atoms with van der Waals surface area (Å²) in [6.07, 6.45) is 0. The molecule has 0 aliphatic carbocycles. The lowest BCUT2D eigenvalue weighted by atomic mass is 10.5. The highest BCUT2D eigenvalue weighted by Crippen LogP contribution is 2.35. The van der Waals surface area contributed by atoms with Crippen molar-refractivity contribution in [2.24, 2.45) is 5.73 Å². The molecule has 0 saturated heterocycles. The smallest absolute Gasteiger partial charge is 0.318 e. The molecule has 1 rings (SSSR count). The summed E-state index contributed by atoms with van der Waals surface area (Å²) in [5, 5.41) is 8.86. The summed E-state index contributed by atoms with van der Waals surface area (Å²) in [6.45, 7) is -1.58. The van der Waals surface area contributed by atoms with Crippen LogP contribution in [-0.2, 0) is 19.6 Å². The van der Waals surface area contributed by atoms with Crippen molar-refractivity contribution in [2.75, 3.05) is 13.1 Å². The molecule has 0 aliphatic rings. The van der Waals surface area contributed by atoms with Gasteiger partial charge in [-0.1, -0.05) is 11.6 Å². The first-order valence-corrected chi connectivity index (χ1v) is 8.02. The Labute approximate surface area is 126 Å². The van der Waals surface area contributed by atoms with E-state index >= 15 is 0 Å². The summed E-state index contributed by atoms with van der Waals surface area (Å²) in [5.74, 6) is -2.35. The van der Waals surface area contributed by atoms with E-state index in [2.05, 4.69) is 15.9 Å². The van der Waals surface area contributed by atoms with Crippen LogP contribution in [0.25, 0.3) is 0 Å². The van der Waals surface area contributed by atoms with Gasteiger partial charge in [0.2, 0.25) is 5.91 Å². The third kappa shape index (κ3) is 4.14. The van der Waals surface area contributed by atoms with Crippen LogP contribution >= 0.6 is 38.9 Å². The number of nitrogens with two attached hydrogens (primary N) is 1. The Morgan fingerprint density at radius 2 is 2.05 bits per heavy atom. The van der Waals surface area contributed by atoms with Gasteiger partial charge in [0, 0.05) is 0 Å². The largest absolute Gasteiger partial charge is 0.480 e. The lowest BCUT2D eigenvalue weighted by Crippen LogP contribution is -2.41. The Balaban J connectivity index is 3.18. The van der Waals surface area contributed by atoms with E-state index in [1.165, 1.54) is 6.07 Å². The van der Waals surface area contributed by atoms with Crippen molar-refractivity contribution in [1.29, 1.82) is 0 Å². The molecular formula is C8H8BrClN2O5S2. The van der Waals surface area contributed by atoms with Gasteiger partial charge in [-0.25, -0.2) is 8.42 Å². The van der Waals surface area contributed by atoms with E-state index in [1.807, 2.05) is 0 Å². The number of sulfonamides is 1. The van der Waals surface area contributed by atoms with Gasteiger partial charge in [0.1, 0.15) is 10.8 Å². The van der Waals surface area contributed by atoms with Crippen LogP contribution in [0, 0.1) is 0 Å². The summed E-state index contributed by atoms with van der Waals surface area (Å²) in [6, 6.07) is 1.17. The number of hydrogen-bond acceptors (Lipinski definition) is 5. The van der Waals surface area contributed by atoms with Crippen LogP contribution in [0.4, 0.5) is 0 Å². The second kappa shape index (κ2) is 6.18. The number of amides is 1. The second-order valence-corrected chi connectivity index (χ2v) is 8.26. The minimum atomic E-state index is -4.14. The third-order valence-electron chi connectivity index (χ3n) is 1.86. The van der Waals surface area contributed by atoms with E-state index in [4.69, 9.17) is 22.4 Å². The average molecular weight is 392 g/mol. The third-order valence-corrected chi connectivity index (χ3v) is 6.58. The maximum absolute atomic E-state index is 12.2. The Kier molecular flexibility index (Phi) is 5.33. The standard InChI is InChI=1S/C8H8BrClN2O5S2/c9-8-4(10)1-7(18-8)19(16,17)12(2-5(11)13)3-6(14)15/h1H,2-3H2,(H2,11,13)(H,14,15). The Bertz CT molecular complexity index is 579. The zero-order chi connectivity index (χ0) is 14.8. The van der Waals surface area contributed by atoms with Crippen LogP contribution < -0.4 is 5.73 Å². The fourth-order valence-corrected chi connectivity index (χ4v) is 5.04. The monoisotopic (exact) mass is 390 g/mol. The molecular weight excluding hydrogens is 384 g/mol. The summed E-state index contributed by atoms with van der Waals surface area (Å²) >= 11 is 9.59. The molecule has 0 spiro atoms. The number of thiophene rings is 1. The number of carbonyl (C=O) groups excluding carboxylic acids is 1. The lowest BCUT2D eigenvalue weighted by Gasteiger charge is -2.17. The first-order chi connectivity index (χ1) is 8.64. The minimum absolute atomic E-state index is 0.174. The first kappa shape index (κ1) is 16.4. The van der Waals surface area contributed by atoms with E-state index < -0.39 is 35.0 Å². The highest BCUT2D eigenvalue weighted by Gasteiger charge is 2.30. The molecule has 0 aromatic carbocycles. The van der Waals surface area contributed by atoms with Gasteiger partial charge in [-0.05, 0) is 22.0 Å². The van der Waals surface area contributed by atoms with E-state index in [9.17, 15) is 18.0 Å². The number of primary amides is 1. The van der Waals surface area contributed by atoms with Gasteiger partial charge in [0.15, 0.2) is 0 Å². The van der Waals surface area contributed by atoms with E-state index in [-0.39, 0.29) is 9.23 Å². The molecule has 0 atom stereocenters. The van der Waals surface area contributed by atoms with Crippen LogP contribution in [0.15, 0.2) is 14.1 Å². The van der Waals surface area contributed by atoms with Crippen molar-refractivity contribution in [3.63, 3.8) is 0 Å². The zero-order valence-corrected chi connectivity index (χ0v) is 13.1. The van der Waals surface area contributed by atoms with Crippen molar-refractivity contribution in [2.45, 2.75) is 4.21 Å². The summed E-state index contributed by atoms with van der Waals surface area (Å²) < 4.78 is 25.0. The van der Waals surface area contributed by atoms with Crippen LogP contribution in [0.1, 0.15) is 0 Å². The molecule has 106 valence electrons. The maximum atomic E-state index is 12.2. The molecule has 11 heteroatoms.